The quantitative estimate of drug-likeness (QED) is 0.727. The fraction of sp³-hybridized carbons (Fsp3) is 0.684. The number of amides is 1. The monoisotopic (exact) mass is 379 g/mol. The Balaban J connectivity index is 1.76. The Labute approximate surface area is 160 Å². The zero-order valence-corrected chi connectivity index (χ0v) is 16.3. The molecule has 27 heavy (non-hydrogen) atoms. The average molecular weight is 379 g/mol. The zero-order valence-electron chi connectivity index (χ0n) is 16.3. The van der Waals surface area contributed by atoms with Crippen molar-refractivity contribution in [1.82, 2.24) is 14.8 Å². The third kappa shape index (κ3) is 4.51. The Morgan fingerprint density at radius 2 is 2.11 bits per heavy atom. The number of pyridine rings is 1. The molecule has 0 radical (unpaired) electrons. The molecular formula is C19H29N3O5. The van der Waals surface area contributed by atoms with Crippen molar-refractivity contribution in [2.45, 2.75) is 12.5 Å². The van der Waals surface area contributed by atoms with Gasteiger partial charge >= 0.3 is 0 Å². The lowest BCUT2D eigenvalue weighted by Gasteiger charge is -2.42. The molecule has 0 bridgehead atoms. The first-order chi connectivity index (χ1) is 13.2. The Bertz CT molecular complexity index is 642. The molecule has 8 heteroatoms. The maximum absolute atomic E-state index is 13.2. The molecule has 2 aliphatic rings. The van der Waals surface area contributed by atoms with Crippen molar-refractivity contribution in [3.05, 3.63) is 17.7 Å². The van der Waals surface area contributed by atoms with Gasteiger partial charge < -0.3 is 23.8 Å². The first-order valence-electron chi connectivity index (χ1n) is 9.37. The van der Waals surface area contributed by atoms with Crippen molar-refractivity contribution in [1.29, 1.82) is 0 Å². The molecule has 0 N–H and O–H groups in total. The molecule has 2 saturated heterocycles. The van der Waals surface area contributed by atoms with Crippen molar-refractivity contribution in [3.8, 4) is 11.8 Å². The Hall–Kier alpha value is -1.90. The predicted molar refractivity (Wildman–Crippen MR) is 99.4 cm³/mol. The number of ether oxygens (including phenoxy) is 4. The highest BCUT2D eigenvalue weighted by atomic mass is 16.5. The lowest BCUT2D eigenvalue weighted by molar-refractivity contribution is 0.0325. The van der Waals surface area contributed by atoms with E-state index < -0.39 is 0 Å². The van der Waals surface area contributed by atoms with Gasteiger partial charge in [-0.15, -0.1) is 0 Å². The lowest BCUT2D eigenvalue weighted by atomic mass is 9.90. The highest BCUT2D eigenvalue weighted by Crippen LogP contribution is 2.28. The number of carbonyl (C=O) groups is 1. The van der Waals surface area contributed by atoms with Gasteiger partial charge in [-0.05, 0) is 12.5 Å². The topological polar surface area (TPSA) is 73.4 Å². The van der Waals surface area contributed by atoms with Crippen LogP contribution in [0.2, 0.25) is 0 Å². The highest BCUT2D eigenvalue weighted by Gasteiger charge is 2.37. The van der Waals surface area contributed by atoms with Gasteiger partial charge in [0, 0.05) is 51.3 Å². The van der Waals surface area contributed by atoms with Crippen molar-refractivity contribution >= 4 is 5.91 Å². The van der Waals surface area contributed by atoms with E-state index in [1.807, 2.05) is 4.90 Å². The summed E-state index contributed by atoms with van der Waals surface area (Å²) in [5, 5.41) is 0. The Morgan fingerprint density at radius 3 is 2.85 bits per heavy atom. The second-order valence-corrected chi connectivity index (χ2v) is 6.88. The minimum absolute atomic E-state index is 0.0580. The van der Waals surface area contributed by atoms with Crippen LogP contribution in [-0.2, 0) is 9.47 Å². The van der Waals surface area contributed by atoms with Gasteiger partial charge in [0.05, 0.1) is 34.0 Å². The average Bonchev–Trinajstić information content (AvgIpc) is 2.92. The highest BCUT2D eigenvalue weighted by molar-refractivity contribution is 5.96. The molecule has 1 amide bonds. The standard InChI is InChI=1S/C19H29N3O5/c1-24-10-8-21-9-11-27-13-14-6-7-22(12-16(14)21)19(23)15-4-5-17(25-2)20-18(15)26-3/h4-5,14,16H,6-13H2,1-3H3/t14-,16-/m1/s1. The van der Waals surface area contributed by atoms with Gasteiger partial charge in [-0.25, -0.2) is 0 Å². The number of fused-ring (bicyclic) bond motifs is 1. The molecule has 1 aromatic rings. The number of carbonyl (C=O) groups excluding carboxylic acids is 1. The summed E-state index contributed by atoms with van der Waals surface area (Å²) in [5.41, 5.74) is 0.463. The van der Waals surface area contributed by atoms with Gasteiger partial charge in [0.25, 0.3) is 5.91 Å². The molecule has 0 aliphatic carbocycles. The Morgan fingerprint density at radius 1 is 1.26 bits per heavy atom. The number of piperidine rings is 1. The molecule has 0 saturated carbocycles. The molecule has 3 rings (SSSR count). The van der Waals surface area contributed by atoms with Crippen molar-refractivity contribution in [3.63, 3.8) is 0 Å². The van der Waals surface area contributed by atoms with Gasteiger partial charge in [0.15, 0.2) is 0 Å². The number of likely N-dealkylation sites (tertiary alicyclic amines) is 1. The fourth-order valence-corrected chi connectivity index (χ4v) is 3.87. The van der Waals surface area contributed by atoms with E-state index in [4.69, 9.17) is 18.9 Å². The fourth-order valence-electron chi connectivity index (χ4n) is 3.87. The summed E-state index contributed by atoms with van der Waals surface area (Å²) in [6.45, 7) is 5.23. The number of rotatable bonds is 6. The number of hydrogen-bond donors (Lipinski definition) is 0. The van der Waals surface area contributed by atoms with Gasteiger partial charge in [0.1, 0.15) is 5.56 Å². The summed E-state index contributed by atoms with van der Waals surface area (Å²) in [5.74, 6) is 1.09. The number of hydrogen-bond acceptors (Lipinski definition) is 7. The van der Waals surface area contributed by atoms with Crippen LogP contribution < -0.4 is 9.47 Å². The first kappa shape index (κ1) is 19.9. The lowest BCUT2D eigenvalue weighted by Crippen LogP contribution is -2.55. The zero-order chi connectivity index (χ0) is 19.2. The second-order valence-electron chi connectivity index (χ2n) is 6.88. The summed E-state index contributed by atoms with van der Waals surface area (Å²) in [7, 11) is 4.77. The molecule has 3 heterocycles. The molecule has 0 aromatic carbocycles. The van der Waals surface area contributed by atoms with Crippen LogP contribution in [0, 0.1) is 5.92 Å². The van der Waals surface area contributed by atoms with Crippen molar-refractivity contribution in [2.24, 2.45) is 5.92 Å². The predicted octanol–water partition coefficient (Wildman–Crippen LogP) is 0.908. The summed E-state index contributed by atoms with van der Waals surface area (Å²) < 4.78 is 21.5. The van der Waals surface area contributed by atoms with Crippen LogP contribution in [-0.4, -0.2) is 94.1 Å². The summed E-state index contributed by atoms with van der Waals surface area (Å²) in [4.78, 5) is 21.7. The molecule has 0 spiro atoms. The maximum Gasteiger partial charge on any atom is 0.259 e. The van der Waals surface area contributed by atoms with Gasteiger partial charge in [-0.3, -0.25) is 9.69 Å². The van der Waals surface area contributed by atoms with Gasteiger partial charge in [-0.2, -0.15) is 4.98 Å². The van der Waals surface area contributed by atoms with Crippen molar-refractivity contribution < 1.29 is 23.7 Å². The van der Waals surface area contributed by atoms with Crippen molar-refractivity contribution in [2.75, 3.05) is 67.3 Å². The normalized spacial score (nSPS) is 23.4. The van der Waals surface area contributed by atoms with E-state index in [0.29, 0.717) is 42.9 Å². The summed E-state index contributed by atoms with van der Waals surface area (Å²) >= 11 is 0. The van der Waals surface area contributed by atoms with Crippen LogP contribution in [0.25, 0.3) is 0 Å². The third-order valence-corrected chi connectivity index (χ3v) is 5.38. The molecule has 2 atom stereocenters. The second kappa shape index (κ2) is 9.34. The van der Waals surface area contributed by atoms with E-state index in [-0.39, 0.29) is 11.9 Å². The molecule has 8 nitrogen and oxygen atoms in total. The number of nitrogens with zero attached hydrogens (tertiary/aromatic N) is 3. The largest absolute Gasteiger partial charge is 0.481 e. The summed E-state index contributed by atoms with van der Waals surface area (Å²) in [6.07, 6.45) is 0.922. The molecule has 0 unspecified atom stereocenters. The van der Waals surface area contributed by atoms with Crippen LogP contribution in [0.1, 0.15) is 16.8 Å². The maximum atomic E-state index is 13.2. The minimum atomic E-state index is -0.0580. The van der Waals surface area contributed by atoms with Crippen LogP contribution in [0.3, 0.4) is 0 Å². The van der Waals surface area contributed by atoms with Crippen LogP contribution in [0.15, 0.2) is 12.1 Å². The minimum Gasteiger partial charge on any atom is -0.481 e. The molecule has 1 aromatic heterocycles. The van der Waals surface area contributed by atoms with Crippen LogP contribution >= 0.6 is 0 Å². The molecule has 2 fully saturated rings. The molecule has 150 valence electrons. The molecule has 2 aliphatic heterocycles. The number of methoxy groups -OCH3 is 3. The SMILES string of the molecule is COCCN1CCOC[C@H]2CCN(C(=O)c3ccc(OC)nc3OC)C[C@H]21. The summed E-state index contributed by atoms with van der Waals surface area (Å²) in [6, 6.07) is 3.68. The van der Waals surface area contributed by atoms with Gasteiger partial charge in [-0.1, -0.05) is 0 Å². The van der Waals surface area contributed by atoms with E-state index in [9.17, 15) is 4.79 Å². The smallest absolute Gasteiger partial charge is 0.259 e. The molecular weight excluding hydrogens is 350 g/mol. The van der Waals surface area contributed by atoms with E-state index in [1.54, 1.807) is 19.2 Å². The van der Waals surface area contributed by atoms with Gasteiger partial charge in [0.2, 0.25) is 11.8 Å². The Kier molecular flexibility index (Phi) is 6.87. The van der Waals surface area contributed by atoms with Crippen LogP contribution in [0.5, 0.6) is 11.8 Å². The van der Waals surface area contributed by atoms with Crippen LogP contribution in [0.4, 0.5) is 0 Å². The number of aromatic nitrogens is 1. The van der Waals surface area contributed by atoms with E-state index in [1.165, 1.54) is 14.2 Å². The first-order valence-corrected chi connectivity index (χ1v) is 9.37. The van der Waals surface area contributed by atoms with E-state index >= 15 is 0 Å². The van der Waals surface area contributed by atoms with E-state index in [0.717, 1.165) is 32.7 Å². The third-order valence-electron chi connectivity index (χ3n) is 5.38. The van der Waals surface area contributed by atoms with E-state index in [2.05, 4.69) is 9.88 Å².